The third-order valence-electron chi connectivity index (χ3n) is 2.09. The molecule has 5 nitrogen and oxygen atoms in total. The van der Waals surface area contributed by atoms with E-state index in [4.69, 9.17) is 5.11 Å². The Bertz CT molecular complexity index is 396. The number of thioether (sulfide) groups is 1. The van der Waals surface area contributed by atoms with Crippen molar-refractivity contribution in [3.05, 3.63) is 30.1 Å². The molecule has 1 aliphatic heterocycles. The van der Waals surface area contributed by atoms with Crippen LogP contribution in [0.4, 0.5) is 4.79 Å². The zero-order valence-electron chi connectivity index (χ0n) is 7.58. The number of rotatable bonds is 2. The first-order valence-electron chi connectivity index (χ1n) is 4.28. The number of nitrogens with one attached hydrogen (secondary N) is 1. The average molecular weight is 224 g/mol. The zero-order valence-corrected chi connectivity index (χ0v) is 8.40. The van der Waals surface area contributed by atoms with E-state index in [1.165, 1.54) is 0 Å². The predicted molar refractivity (Wildman–Crippen MR) is 54.5 cm³/mol. The monoisotopic (exact) mass is 224 g/mol. The van der Waals surface area contributed by atoms with Crippen LogP contribution in [0.1, 0.15) is 10.8 Å². The third-order valence-corrected chi connectivity index (χ3v) is 3.22. The molecule has 0 saturated carbocycles. The largest absolute Gasteiger partial charge is 0.480 e. The van der Waals surface area contributed by atoms with Crippen molar-refractivity contribution < 1.29 is 14.7 Å². The molecule has 1 aliphatic rings. The molecule has 1 saturated heterocycles. The first-order chi connectivity index (χ1) is 7.18. The lowest BCUT2D eigenvalue weighted by atomic mass is 10.1. The van der Waals surface area contributed by atoms with Crippen molar-refractivity contribution in [1.29, 1.82) is 0 Å². The van der Waals surface area contributed by atoms with E-state index in [-0.39, 0.29) is 5.24 Å². The summed E-state index contributed by atoms with van der Waals surface area (Å²) >= 11 is 0.984. The van der Waals surface area contributed by atoms with Gasteiger partial charge in [-0.25, -0.2) is 4.79 Å². The van der Waals surface area contributed by atoms with Gasteiger partial charge in [-0.15, -0.1) is 0 Å². The summed E-state index contributed by atoms with van der Waals surface area (Å²) in [6.07, 6.45) is 3.18. The molecule has 0 aliphatic carbocycles. The molecule has 1 aromatic rings. The van der Waals surface area contributed by atoms with Gasteiger partial charge in [0.1, 0.15) is 6.04 Å². The second-order valence-electron chi connectivity index (χ2n) is 3.07. The van der Waals surface area contributed by atoms with Crippen LogP contribution in [0.15, 0.2) is 24.5 Å². The van der Waals surface area contributed by atoms with Crippen LogP contribution in [0, 0.1) is 0 Å². The molecule has 0 bridgehead atoms. The maximum atomic E-state index is 11.1. The van der Waals surface area contributed by atoms with Crippen LogP contribution >= 0.6 is 11.8 Å². The molecular weight excluding hydrogens is 216 g/mol. The molecular formula is C9H8N2O3S. The van der Waals surface area contributed by atoms with Gasteiger partial charge < -0.3 is 10.4 Å². The number of nitrogens with zero attached hydrogens (tertiary/aromatic N) is 1. The normalized spacial score (nSPS) is 24.9. The summed E-state index contributed by atoms with van der Waals surface area (Å²) in [5, 5.41) is 10.6. The second-order valence-corrected chi connectivity index (χ2v) is 4.19. The van der Waals surface area contributed by atoms with Crippen LogP contribution < -0.4 is 5.32 Å². The molecule has 2 unspecified atom stereocenters. The fourth-order valence-corrected chi connectivity index (χ4v) is 2.44. The van der Waals surface area contributed by atoms with Gasteiger partial charge >= 0.3 is 5.97 Å². The van der Waals surface area contributed by atoms with Crippen molar-refractivity contribution in [2.45, 2.75) is 11.3 Å². The Morgan fingerprint density at radius 3 is 3.00 bits per heavy atom. The Kier molecular flexibility index (Phi) is 2.59. The first-order valence-corrected chi connectivity index (χ1v) is 5.16. The highest BCUT2D eigenvalue weighted by Gasteiger charge is 2.39. The molecule has 0 spiro atoms. The van der Waals surface area contributed by atoms with Gasteiger partial charge in [0, 0.05) is 12.4 Å². The number of hydrogen-bond donors (Lipinski definition) is 2. The quantitative estimate of drug-likeness (QED) is 0.784. The highest BCUT2D eigenvalue weighted by molar-refractivity contribution is 8.14. The Balaban J connectivity index is 2.28. The molecule has 78 valence electrons. The van der Waals surface area contributed by atoms with Crippen LogP contribution in [0.3, 0.4) is 0 Å². The van der Waals surface area contributed by atoms with E-state index in [0.717, 1.165) is 17.3 Å². The van der Waals surface area contributed by atoms with Crippen molar-refractivity contribution in [2.24, 2.45) is 0 Å². The number of aliphatic carboxylic acids is 1. The van der Waals surface area contributed by atoms with Crippen molar-refractivity contribution >= 4 is 23.0 Å². The van der Waals surface area contributed by atoms with Gasteiger partial charge in [0.2, 0.25) is 0 Å². The molecule has 2 heterocycles. The fraction of sp³-hybridized carbons (Fsp3) is 0.222. The van der Waals surface area contributed by atoms with Gasteiger partial charge in [0.15, 0.2) is 0 Å². The summed E-state index contributed by atoms with van der Waals surface area (Å²) in [7, 11) is 0. The smallest absolute Gasteiger partial charge is 0.327 e. The lowest BCUT2D eigenvalue weighted by Crippen LogP contribution is -2.35. The molecule has 6 heteroatoms. The number of carbonyl (C=O) groups is 2. The minimum absolute atomic E-state index is 0.309. The van der Waals surface area contributed by atoms with Gasteiger partial charge in [0.25, 0.3) is 5.24 Å². The predicted octanol–water partition coefficient (Wildman–Crippen LogP) is 1.03. The van der Waals surface area contributed by atoms with Crippen molar-refractivity contribution in [3.63, 3.8) is 0 Å². The van der Waals surface area contributed by atoms with E-state index in [1.54, 1.807) is 24.5 Å². The molecule has 1 fully saturated rings. The minimum atomic E-state index is -1.03. The highest BCUT2D eigenvalue weighted by atomic mass is 32.2. The number of carbonyl (C=O) groups excluding carboxylic acids is 1. The summed E-state index contributed by atoms with van der Waals surface area (Å²) in [6, 6.07) is 2.62. The van der Waals surface area contributed by atoms with Crippen LogP contribution in [-0.2, 0) is 4.79 Å². The number of pyridine rings is 1. The number of carboxylic acids is 1. The summed E-state index contributed by atoms with van der Waals surface area (Å²) < 4.78 is 0. The molecule has 2 N–H and O–H groups in total. The second kappa shape index (κ2) is 3.90. The molecule has 2 atom stereocenters. The van der Waals surface area contributed by atoms with Crippen LogP contribution in [0.5, 0.6) is 0 Å². The third kappa shape index (κ3) is 1.94. The molecule has 1 aromatic heterocycles. The molecule has 1 amide bonds. The Morgan fingerprint density at radius 2 is 2.40 bits per heavy atom. The lowest BCUT2D eigenvalue weighted by Gasteiger charge is -2.12. The van der Waals surface area contributed by atoms with E-state index in [2.05, 4.69) is 10.3 Å². The van der Waals surface area contributed by atoms with Crippen molar-refractivity contribution in [1.82, 2.24) is 10.3 Å². The number of carboxylic acid groups (broad SMARTS) is 1. The Morgan fingerprint density at radius 1 is 1.60 bits per heavy atom. The van der Waals surface area contributed by atoms with Gasteiger partial charge in [-0.2, -0.15) is 0 Å². The van der Waals surface area contributed by atoms with Crippen LogP contribution in [0.25, 0.3) is 0 Å². The van der Waals surface area contributed by atoms with Gasteiger partial charge in [0.05, 0.1) is 5.25 Å². The van der Waals surface area contributed by atoms with E-state index in [1.807, 2.05) is 0 Å². The van der Waals surface area contributed by atoms with Gasteiger partial charge in [-0.05, 0) is 11.6 Å². The van der Waals surface area contributed by atoms with E-state index in [9.17, 15) is 9.59 Å². The topological polar surface area (TPSA) is 79.3 Å². The maximum absolute atomic E-state index is 11.1. The summed E-state index contributed by atoms with van der Waals surface area (Å²) in [5.41, 5.74) is 0.744. The van der Waals surface area contributed by atoms with Crippen LogP contribution in [0.2, 0.25) is 0 Å². The van der Waals surface area contributed by atoms with Crippen molar-refractivity contribution in [2.75, 3.05) is 0 Å². The first kappa shape index (κ1) is 9.97. The van der Waals surface area contributed by atoms with Gasteiger partial charge in [-0.3, -0.25) is 9.78 Å². The highest BCUT2D eigenvalue weighted by Crippen LogP contribution is 2.37. The zero-order chi connectivity index (χ0) is 10.8. The minimum Gasteiger partial charge on any atom is -0.480 e. The SMILES string of the molecule is O=C1NC(C(=O)O)C(c2cccnc2)S1. The summed E-state index contributed by atoms with van der Waals surface area (Å²) in [6.45, 7) is 0. The van der Waals surface area contributed by atoms with E-state index in [0.29, 0.717) is 0 Å². The number of aromatic nitrogens is 1. The molecule has 2 rings (SSSR count). The summed E-state index contributed by atoms with van der Waals surface area (Å²) in [4.78, 5) is 25.9. The number of hydrogen-bond acceptors (Lipinski definition) is 4. The number of amides is 1. The van der Waals surface area contributed by atoms with E-state index >= 15 is 0 Å². The lowest BCUT2D eigenvalue weighted by molar-refractivity contribution is -0.139. The molecule has 15 heavy (non-hydrogen) atoms. The van der Waals surface area contributed by atoms with Crippen molar-refractivity contribution in [3.8, 4) is 0 Å². The average Bonchev–Trinajstić information content (AvgIpc) is 2.62. The Hall–Kier alpha value is -1.56. The Labute approximate surface area is 89.9 Å². The molecule has 0 aromatic carbocycles. The van der Waals surface area contributed by atoms with E-state index < -0.39 is 17.3 Å². The molecule has 0 radical (unpaired) electrons. The van der Waals surface area contributed by atoms with Gasteiger partial charge in [-0.1, -0.05) is 17.8 Å². The standard InChI is InChI=1S/C9H8N2O3S/c12-8(13)6-7(15-9(14)11-6)5-2-1-3-10-4-5/h1-4,6-7H,(H,11,14)(H,12,13). The fourth-order valence-electron chi connectivity index (χ4n) is 1.42. The van der Waals surface area contributed by atoms with Crippen LogP contribution in [-0.4, -0.2) is 27.3 Å². The maximum Gasteiger partial charge on any atom is 0.327 e. The summed E-state index contributed by atoms with van der Waals surface area (Å²) in [5.74, 6) is -1.03.